The molecular formula is C15H19F3N2. The van der Waals surface area contributed by atoms with E-state index in [1.165, 1.54) is 0 Å². The van der Waals surface area contributed by atoms with Crippen LogP contribution in [0.5, 0.6) is 0 Å². The number of piperazine rings is 1. The minimum Gasteiger partial charge on any atom is -0.314 e. The molecule has 1 aromatic carbocycles. The van der Waals surface area contributed by atoms with Crippen LogP contribution in [0.3, 0.4) is 0 Å². The average Bonchev–Trinajstić information content (AvgIpc) is 3.21. The predicted molar refractivity (Wildman–Crippen MR) is 70.8 cm³/mol. The van der Waals surface area contributed by atoms with Crippen molar-refractivity contribution in [2.75, 3.05) is 26.2 Å². The van der Waals surface area contributed by atoms with Gasteiger partial charge in [-0.3, -0.25) is 4.90 Å². The van der Waals surface area contributed by atoms with Gasteiger partial charge in [0.2, 0.25) is 0 Å². The minimum atomic E-state index is -0.853. The van der Waals surface area contributed by atoms with Crippen LogP contribution in [-0.2, 0) is 0 Å². The fourth-order valence-electron chi connectivity index (χ4n) is 2.98. The van der Waals surface area contributed by atoms with Crippen LogP contribution in [0.1, 0.15) is 30.9 Å². The third-order valence-electron chi connectivity index (χ3n) is 4.22. The average molecular weight is 284 g/mol. The lowest BCUT2D eigenvalue weighted by Crippen LogP contribution is -2.45. The summed E-state index contributed by atoms with van der Waals surface area (Å²) >= 11 is 0. The van der Waals surface area contributed by atoms with Gasteiger partial charge >= 0.3 is 0 Å². The van der Waals surface area contributed by atoms with Gasteiger partial charge in [-0.1, -0.05) is 12.8 Å². The van der Waals surface area contributed by atoms with Gasteiger partial charge in [-0.25, -0.2) is 13.2 Å². The summed E-state index contributed by atoms with van der Waals surface area (Å²) in [5.41, 5.74) is 0.0419. The second kappa shape index (κ2) is 5.74. The summed E-state index contributed by atoms with van der Waals surface area (Å²) in [6.45, 7) is 3.19. The van der Waals surface area contributed by atoms with Crippen molar-refractivity contribution in [2.45, 2.75) is 25.3 Å². The first-order chi connectivity index (χ1) is 9.65. The van der Waals surface area contributed by atoms with Crippen molar-refractivity contribution in [3.63, 3.8) is 0 Å². The van der Waals surface area contributed by atoms with Gasteiger partial charge in [0.1, 0.15) is 17.5 Å². The van der Waals surface area contributed by atoms with Crippen molar-refractivity contribution in [3.05, 3.63) is 35.1 Å². The Morgan fingerprint density at radius 2 is 1.70 bits per heavy atom. The number of halogens is 3. The molecule has 0 aromatic heterocycles. The summed E-state index contributed by atoms with van der Waals surface area (Å²) in [5, 5.41) is 3.24. The topological polar surface area (TPSA) is 15.3 Å². The first kappa shape index (κ1) is 13.9. The molecule has 0 spiro atoms. The van der Waals surface area contributed by atoms with E-state index in [0.717, 1.165) is 57.6 Å². The molecule has 3 rings (SSSR count). The molecule has 1 saturated carbocycles. The Labute approximate surface area is 117 Å². The van der Waals surface area contributed by atoms with Crippen molar-refractivity contribution in [1.82, 2.24) is 10.2 Å². The number of hydrogen-bond donors (Lipinski definition) is 1. The summed E-state index contributed by atoms with van der Waals surface area (Å²) in [4.78, 5) is 2.12. The zero-order valence-corrected chi connectivity index (χ0v) is 11.3. The molecule has 1 aromatic rings. The largest absolute Gasteiger partial charge is 0.314 e. The highest BCUT2D eigenvalue weighted by molar-refractivity contribution is 5.25. The van der Waals surface area contributed by atoms with Gasteiger partial charge in [0.25, 0.3) is 0 Å². The zero-order chi connectivity index (χ0) is 14.1. The van der Waals surface area contributed by atoms with Crippen LogP contribution in [0, 0.1) is 23.4 Å². The van der Waals surface area contributed by atoms with Crippen LogP contribution in [0.15, 0.2) is 12.1 Å². The Kier molecular flexibility index (Phi) is 3.98. The molecule has 2 aliphatic rings. The van der Waals surface area contributed by atoms with Crippen LogP contribution in [0.2, 0.25) is 0 Å². The van der Waals surface area contributed by atoms with Crippen molar-refractivity contribution < 1.29 is 13.2 Å². The fraction of sp³-hybridized carbons (Fsp3) is 0.600. The Balaban J connectivity index is 1.91. The Morgan fingerprint density at radius 3 is 2.25 bits per heavy atom. The van der Waals surface area contributed by atoms with E-state index in [1.807, 2.05) is 0 Å². The maximum atomic E-state index is 14.1. The van der Waals surface area contributed by atoms with Gasteiger partial charge < -0.3 is 5.32 Å². The highest BCUT2D eigenvalue weighted by Gasteiger charge is 2.33. The molecular weight excluding hydrogens is 265 g/mol. The second-order valence-corrected chi connectivity index (χ2v) is 5.76. The Hall–Kier alpha value is -1.07. The standard InChI is InChI=1S/C15H19F3N2/c16-11-8-12(17)15(13(18)9-11)14(7-10-1-2-10)20-5-3-19-4-6-20/h8-10,14,19H,1-7H2/t14-/m0/s1. The summed E-state index contributed by atoms with van der Waals surface area (Å²) < 4.78 is 41.2. The molecule has 0 bridgehead atoms. The second-order valence-electron chi connectivity index (χ2n) is 5.76. The van der Waals surface area contributed by atoms with E-state index in [1.54, 1.807) is 0 Å². The molecule has 2 nitrogen and oxygen atoms in total. The lowest BCUT2D eigenvalue weighted by Gasteiger charge is -2.35. The molecule has 110 valence electrons. The Morgan fingerprint density at radius 1 is 1.10 bits per heavy atom. The van der Waals surface area contributed by atoms with E-state index in [4.69, 9.17) is 0 Å². The highest BCUT2D eigenvalue weighted by Crippen LogP contribution is 2.41. The smallest absolute Gasteiger partial charge is 0.133 e. The van der Waals surface area contributed by atoms with Gasteiger partial charge in [-0.2, -0.15) is 0 Å². The molecule has 1 aliphatic carbocycles. The maximum absolute atomic E-state index is 14.1. The summed E-state index contributed by atoms with van der Waals surface area (Å²) in [6.07, 6.45) is 3.03. The first-order valence-corrected chi connectivity index (χ1v) is 7.24. The highest BCUT2D eigenvalue weighted by atomic mass is 19.1. The number of nitrogens with zero attached hydrogens (tertiary/aromatic N) is 1. The molecule has 20 heavy (non-hydrogen) atoms. The van der Waals surface area contributed by atoms with Crippen LogP contribution in [0.25, 0.3) is 0 Å². The number of nitrogens with one attached hydrogen (secondary N) is 1. The Bertz CT molecular complexity index is 459. The van der Waals surface area contributed by atoms with Gasteiger partial charge in [0.15, 0.2) is 0 Å². The maximum Gasteiger partial charge on any atom is 0.133 e. The van der Waals surface area contributed by atoms with Crippen LogP contribution >= 0.6 is 0 Å². The van der Waals surface area contributed by atoms with Crippen molar-refractivity contribution in [1.29, 1.82) is 0 Å². The van der Waals surface area contributed by atoms with E-state index in [9.17, 15) is 13.2 Å². The molecule has 5 heteroatoms. The van der Waals surface area contributed by atoms with Gasteiger partial charge in [-0.05, 0) is 12.3 Å². The molecule has 0 radical (unpaired) electrons. The van der Waals surface area contributed by atoms with E-state index in [-0.39, 0.29) is 11.6 Å². The molecule has 0 amide bonds. The number of rotatable bonds is 4. The molecule has 1 saturated heterocycles. The third-order valence-corrected chi connectivity index (χ3v) is 4.22. The van der Waals surface area contributed by atoms with Crippen molar-refractivity contribution in [3.8, 4) is 0 Å². The monoisotopic (exact) mass is 284 g/mol. The molecule has 0 unspecified atom stereocenters. The SMILES string of the molecule is Fc1cc(F)c([C@H](CC2CC2)N2CCNCC2)c(F)c1. The quantitative estimate of drug-likeness (QED) is 0.914. The van der Waals surface area contributed by atoms with Crippen molar-refractivity contribution in [2.24, 2.45) is 5.92 Å². The van der Waals surface area contributed by atoms with E-state index >= 15 is 0 Å². The van der Waals surface area contributed by atoms with E-state index < -0.39 is 17.5 Å². The lowest BCUT2D eigenvalue weighted by atomic mass is 9.97. The van der Waals surface area contributed by atoms with Crippen LogP contribution < -0.4 is 5.32 Å². The van der Waals surface area contributed by atoms with Gasteiger partial charge in [-0.15, -0.1) is 0 Å². The van der Waals surface area contributed by atoms with E-state index in [2.05, 4.69) is 10.2 Å². The lowest BCUT2D eigenvalue weighted by molar-refractivity contribution is 0.154. The molecule has 1 N–H and O–H groups in total. The predicted octanol–water partition coefficient (Wildman–Crippen LogP) is 2.85. The van der Waals surface area contributed by atoms with Crippen LogP contribution in [0.4, 0.5) is 13.2 Å². The van der Waals surface area contributed by atoms with Crippen molar-refractivity contribution >= 4 is 0 Å². The molecule has 2 fully saturated rings. The molecule has 1 aliphatic heterocycles. The number of benzene rings is 1. The normalized spacial score (nSPS) is 21.9. The zero-order valence-electron chi connectivity index (χ0n) is 11.3. The third kappa shape index (κ3) is 2.99. The molecule has 1 atom stereocenters. The van der Waals surface area contributed by atoms with Gasteiger partial charge in [0, 0.05) is 49.9 Å². The van der Waals surface area contributed by atoms with Gasteiger partial charge in [0.05, 0.1) is 0 Å². The van der Waals surface area contributed by atoms with E-state index in [0.29, 0.717) is 5.92 Å². The minimum absolute atomic E-state index is 0.0419. The summed E-state index contributed by atoms with van der Waals surface area (Å²) in [6, 6.07) is 1.31. The summed E-state index contributed by atoms with van der Waals surface area (Å²) in [7, 11) is 0. The number of hydrogen-bond acceptors (Lipinski definition) is 2. The first-order valence-electron chi connectivity index (χ1n) is 7.24. The molecule has 1 heterocycles. The fourth-order valence-corrected chi connectivity index (χ4v) is 2.98. The summed E-state index contributed by atoms with van der Waals surface area (Å²) in [5.74, 6) is -1.81. The van der Waals surface area contributed by atoms with Crippen LogP contribution in [-0.4, -0.2) is 31.1 Å².